The Morgan fingerprint density at radius 3 is 2.84 bits per heavy atom. The van der Waals surface area contributed by atoms with Crippen LogP contribution in [0.25, 0.3) is 0 Å². The molecule has 1 aliphatic heterocycles. The van der Waals surface area contributed by atoms with Crippen LogP contribution < -0.4 is 0 Å². The highest BCUT2D eigenvalue weighted by molar-refractivity contribution is 5.68. The minimum absolute atomic E-state index is 0.215. The minimum atomic E-state index is -0.436. The predicted octanol–water partition coefficient (Wildman–Crippen LogP) is 3.18. The van der Waals surface area contributed by atoms with Crippen molar-refractivity contribution in [1.82, 2.24) is 9.88 Å². The van der Waals surface area contributed by atoms with Gasteiger partial charge in [-0.05, 0) is 40.0 Å². The lowest BCUT2D eigenvalue weighted by molar-refractivity contribution is 0.0256. The molecule has 2 rings (SSSR count). The Kier molecular flexibility index (Phi) is 4.12. The number of nitrogens with zero attached hydrogens (tertiary/aromatic N) is 2. The lowest BCUT2D eigenvalue weighted by Crippen LogP contribution is -2.37. The zero-order valence-corrected chi connectivity index (χ0v) is 11.9. The Morgan fingerprint density at radius 1 is 1.42 bits per heavy atom. The standard InChI is InChI=1S/C14H22N2O3/c1-14(2,3)19-13(17)16-7-4-5-11(6-8-16)12-9-18-10-15-12/h9-11H,4-8H2,1-3H3/t11-/m1/s1. The molecule has 5 nitrogen and oxygen atoms in total. The van der Waals surface area contributed by atoms with Crippen molar-refractivity contribution in [2.24, 2.45) is 0 Å². The first kappa shape index (κ1) is 13.9. The van der Waals surface area contributed by atoms with Gasteiger partial charge in [0.15, 0.2) is 6.39 Å². The maximum Gasteiger partial charge on any atom is 0.410 e. The third-order valence-corrected chi connectivity index (χ3v) is 3.25. The van der Waals surface area contributed by atoms with E-state index in [1.165, 1.54) is 6.39 Å². The molecule has 0 aliphatic carbocycles. The minimum Gasteiger partial charge on any atom is -0.451 e. The van der Waals surface area contributed by atoms with Gasteiger partial charge in [-0.2, -0.15) is 0 Å². The van der Waals surface area contributed by atoms with E-state index in [9.17, 15) is 4.79 Å². The molecule has 0 saturated carbocycles. The van der Waals surface area contributed by atoms with Gasteiger partial charge >= 0.3 is 6.09 Å². The van der Waals surface area contributed by atoms with Crippen molar-refractivity contribution in [2.75, 3.05) is 13.1 Å². The normalized spacial score (nSPS) is 21.0. The molecular formula is C14H22N2O3. The van der Waals surface area contributed by atoms with Crippen molar-refractivity contribution in [3.05, 3.63) is 18.4 Å². The monoisotopic (exact) mass is 266 g/mol. The quantitative estimate of drug-likeness (QED) is 0.783. The number of hydrogen-bond acceptors (Lipinski definition) is 4. The van der Waals surface area contributed by atoms with Gasteiger partial charge in [-0.15, -0.1) is 0 Å². The molecule has 1 saturated heterocycles. The average molecular weight is 266 g/mol. The fourth-order valence-electron chi connectivity index (χ4n) is 2.32. The molecule has 0 radical (unpaired) electrons. The van der Waals surface area contributed by atoms with Crippen LogP contribution in [0.5, 0.6) is 0 Å². The molecule has 2 heterocycles. The second-order valence-corrected chi connectivity index (χ2v) is 6.01. The Hall–Kier alpha value is -1.52. The number of oxazole rings is 1. The number of amides is 1. The van der Waals surface area contributed by atoms with Crippen LogP contribution >= 0.6 is 0 Å². The molecule has 1 aromatic rings. The summed E-state index contributed by atoms with van der Waals surface area (Å²) in [6.45, 7) is 7.14. The molecule has 0 unspecified atom stereocenters. The van der Waals surface area contributed by atoms with Crippen LogP contribution in [0.2, 0.25) is 0 Å². The molecular weight excluding hydrogens is 244 g/mol. The summed E-state index contributed by atoms with van der Waals surface area (Å²) in [5, 5.41) is 0. The number of aromatic nitrogens is 1. The Morgan fingerprint density at radius 2 is 2.21 bits per heavy atom. The van der Waals surface area contributed by atoms with Crippen molar-refractivity contribution in [3.63, 3.8) is 0 Å². The molecule has 1 aliphatic rings. The van der Waals surface area contributed by atoms with Gasteiger partial charge < -0.3 is 14.1 Å². The van der Waals surface area contributed by atoms with E-state index in [-0.39, 0.29) is 6.09 Å². The largest absolute Gasteiger partial charge is 0.451 e. The number of rotatable bonds is 1. The van der Waals surface area contributed by atoms with E-state index in [0.717, 1.165) is 31.5 Å². The summed E-state index contributed by atoms with van der Waals surface area (Å²) in [7, 11) is 0. The first-order valence-corrected chi connectivity index (χ1v) is 6.82. The third-order valence-electron chi connectivity index (χ3n) is 3.25. The van der Waals surface area contributed by atoms with Gasteiger partial charge in [-0.1, -0.05) is 0 Å². The first-order chi connectivity index (χ1) is 8.96. The number of ether oxygens (including phenoxy) is 1. The second kappa shape index (κ2) is 5.63. The van der Waals surface area contributed by atoms with Crippen molar-refractivity contribution in [2.45, 2.75) is 51.6 Å². The third kappa shape index (κ3) is 3.98. The Bertz CT molecular complexity index is 409. The molecule has 19 heavy (non-hydrogen) atoms. The summed E-state index contributed by atoms with van der Waals surface area (Å²) in [5.41, 5.74) is 0.556. The van der Waals surface area contributed by atoms with E-state index in [1.807, 2.05) is 20.8 Å². The summed E-state index contributed by atoms with van der Waals surface area (Å²) in [4.78, 5) is 18.0. The van der Waals surface area contributed by atoms with Crippen LogP contribution in [-0.2, 0) is 4.74 Å². The number of carbonyl (C=O) groups excluding carboxylic acids is 1. The van der Waals surface area contributed by atoms with Crippen LogP contribution in [0.4, 0.5) is 4.79 Å². The summed E-state index contributed by atoms with van der Waals surface area (Å²) >= 11 is 0. The van der Waals surface area contributed by atoms with Gasteiger partial charge in [-0.3, -0.25) is 0 Å². The van der Waals surface area contributed by atoms with Crippen LogP contribution in [0.3, 0.4) is 0 Å². The van der Waals surface area contributed by atoms with E-state index in [2.05, 4.69) is 4.98 Å². The van der Waals surface area contributed by atoms with Gasteiger partial charge in [-0.25, -0.2) is 9.78 Å². The van der Waals surface area contributed by atoms with E-state index < -0.39 is 5.60 Å². The topological polar surface area (TPSA) is 55.6 Å². The van der Waals surface area contributed by atoms with Gasteiger partial charge in [0.1, 0.15) is 11.9 Å². The number of likely N-dealkylation sites (tertiary alicyclic amines) is 1. The summed E-state index contributed by atoms with van der Waals surface area (Å²) in [6, 6.07) is 0. The molecule has 1 atom stereocenters. The highest BCUT2D eigenvalue weighted by Crippen LogP contribution is 2.27. The molecule has 106 valence electrons. The van der Waals surface area contributed by atoms with Crippen LogP contribution in [0.1, 0.15) is 51.6 Å². The second-order valence-electron chi connectivity index (χ2n) is 6.01. The molecule has 0 aromatic carbocycles. The van der Waals surface area contributed by atoms with E-state index >= 15 is 0 Å². The van der Waals surface area contributed by atoms with Crippen LogP contribution in [0, 0.1) is 0 Å². The lowest BCUT2D eigenvalue weighted by atomic mass is 9.98. The van der Waals surface area contributed by atoms with Gasteiger partial charge in [0.05, 0.1) is 5.69 Å². The molecule has 0 bridgehead atoms. The molecule has 1 fully saturated rings. The van der Waals surface area contributed by atoms with Crippen molar-refractivity contribution < 1.29 is 13.9 Å². The van der Waals surface area contributed by atoms with E-state index in [1.54, 1.807) is 11.2 Å². The van der Waals surface area contributed by atoms with Crippen LogP contribution in [-0.4, -0.2) is 34.7 Å². The summed E-state index contributed by atoms with van der Waals surface area (Å²) in [6.07, 6.45) is 5.86. The predicted molar refractivity (Wildman–Crippen MR) is 70.9 cm³/mol. The fourth-order valence-corrected chi connectivity index (χ4v) is 2.32. The molecule has 1 aromatic heterocycles. The smallest absolute Gasteiger partial charge is 0.410 e. The van der Waals surface area contributed by atoms with Crippen molar-refractivity contribution in [3.8, 4) is 0 Å². The fraction of sp³-hybridized carbons (Fsp3) is 0.714. The Balaban J connectivity index is 1.91. The first-order valence-electron chi connectivity index (χ1n) is 6.82. The maximum absolute atomic E-state index is 12.0. The van der Waals surface area contributed by atoms with E-state index in [0.29, 0.717) is 12.5 Å². The Labute approximate surface area is 113 Å². The zero-order valence-electron chi connectivity index (χ0n) is 11.9. The van der Waals surface area contributed by atoms with Gasteiger partial charge in [0.25, 0.3) is 0 Å². The lowest BCUT2D eigenvalue weighted by Gasteiger charge is -2.26. The SMILES string of the molecule is CC(C)(C)OC(=O)N1CCC[C@@H](c2cocn2)CC1. The highest BCUT2D eigenvalue weighted by Gasteiger charge is 2.26. The van der Waals surface area contributed by atoms with Crippen LogP contribution in [0.15, 0.2) is 17.1 Å². The van der Waals surface area contributed by atoms with E-state index in [4.69, 9.17) is 9.15 Å². The average Bonchev–Trinajstić information content (AvgIpc) is 2.71. The molecule has 0 N–H and O–H groups in total. The number of carbonyl (C=O) groups is 1. The summed E-state index contributed by atoms with van der Waals surface area (Å²) < 4.78 is 10.4. The van der Waals surface area contributed by atoms with Gasteiger partial charge in [0.2, 0.25) is 0 Å². The maximum atomic E-state index is 12.0. The van der Waals surface area contributed by atoms with Crippen molar-refractivity contribution >= 4 is 6.09 Å². The summed E-state index contributed by atoms with van der Waals surface area (Å²) in [5.74, 6) is 0.381. The highest BCUT2D eigenvalue weighted by atomic mass is 16.6. The van der Waals surface area contributed by atoms with Gasteiger partial charge in [0, 0.05) is 19.0 Å². The van der Waals surface area contributed by atoms with Crippen molar-refractivity contribution in [1.29, 1.82) is 0 Å². The number of hydrogen-bond donors (Lipinski definition) is 0. The zero-order chi connectivity index (χ0) is 13.9. The molecule has 0 spiro atoms. The molecule has 5 heteroatoms. The molecule has 1 amide bonds.